The minimum Gasteiger partial charge on any atom is -0.380 e. The van der Waals surface area contributed by atoms with Gasteiger partial charge in [-0.2, -0.15) is 0 Å². The highest BCUT2D eigenvalue weighted by molar-refractivity contribution is 7.15. The Labute approximate surface area is 126 Å². The van der Waals surface area contributed by atoms with E-state index in [1.165, 1.54) is 22.6 Å². The summed E-state index contributed by atoms with van der Waals surface area (Å²) in [6.45, 7) is 2.86. The Morgan fingerprint density at radius 1 is 1.25 bits per heavy atom. The molecule has 0 saturated carbocycles. The van der Waals surface area contributed by atoms with Gasteiger partial charge in [0.15, 0.2) is 4.47 Å². The number of hydrogen-bond donors (Lipinski definition) is 1. The van der Waals surface area contributed by atoms with Gasteiger partial charge in [0.2, 0.25) is 0 Å². The van der Waals surface area contributed by atoms with Crippen LogP contribution in [0.15, 0.2) is 48.9 Å². The molecule has 1 aromatic carbocycles. The third-order valence-electron chi connectivity index (χ3n) is 3.17. The van der Waals surface area contributed by atoms with Crippen molar-refractivity contribution in [3.63, 3.8) is 0 Å². The van der Waals surface area contributed by atoms with Crippen LogP contribution in [0.1, 0.15) is 10.4 Å². The van der Waals surface area contributed by atoms with Crippen molar-refractivity contribution in [2.45, 2.75) is 13.5 Å². The quantitative estimate of drug-likeness (QED) is 0.768. The number of benzene rings is 1. The third kappa shape index (κ3) is 2.71. The Morgan fingerprint density at radius 2 is 2.05 bits per heavy atom. The lowest BCUT2D eigenvalue weighted by Crippen LogP contribution is -2.02. The first-order chi connectivity index (χ1) is 9.74. The van der Waals surface area contributed by atoms with E-state index < -0.39 is 0 Å². The number of aromatic nitrogens is 2. The summed E-state index contributed by atoms with van der Waals surface area (Å²) in [5.74, 6) is 0. The molecule has 5 heteroatoms. The average molecular weight is 304 g/mol. The first-order valence-corrected chi connectivity index (χ1v) is 7.50. The molecule has 2 heterocycles. The van der Waals surface area contributed by atoms with Crippen molar-refractivity contribution < 1.29 is 0 Å². The van der Waals surface area contributed by atoms with E-state index in [2.05, 4.69) is 52.4 Å². The number of thiazole rings is 1. The molecule has 0 atom stereocenters. The topological polar surface area (TPSA) is 29.9 Å². The molecule has 1 N–H and O–H groups in total. The zero-order valence-corrected chi connectivity index (χ0v) is 12.6. The molecule has 0 bridgehead atoms. The van der Waals surface area contributed by atoms with E-state index in [1.54, 1.807) is 0 Å². The summed E-state index contributed by atoms with van der Waals surface area (Å²) >= 11 is 7.34. The maximum Gasteiger partial charge on any atom is 0.183 e. The lowest BCUT2D eigenvalue weighted by atomic mass is 10.1. The summed E-state index contributed by atoms with van der Waals surface area (Å²) in [4.78, 5) is 5.18. The molecule has 0 radical (unpaired) electrons. The minimum absolute atomic E-state index is 0.583. The first kappa shape index (κ1) is 13.2. The van der Waals surface area contributed by atoms with Gasteiger partial charge in [-0.3, -0.25) is 0 Å². The zero-order chi connectivity index (χ0) is 13.9. The van der Waals surface area contributed by atoms with Gasteiger partial charge in [-0.05, 0) is 36.8 Å². The Kier molecular flexibility index (Phi) is 3.76. The van der Waals surface area contributed by atoms with Gasteiger partial charge in [0.25, 0.3) is 0 Å². The van der Waals surface area contributed by atoms with Crippen molar-refractivity contribution in [3.05, 3.63) is 63.8 Å². The molecule has 2 aromatic heterocycles. The molecule has 0 aliphatic rings. The Balaban J connectivity index is 1.82. The molecule has 0 saturated heterocycles. The van der Waals surface area contributed by atoms with Gasteiger partial charge in [0.1, 0.15) is 0 Å². The van der Waals surface area contributed by atoms with E-state index in [0.29, 0.717) is 4.47 Å². The molecule has 0 spiro atoms. The van der Waals surface area contributed by atoms with Crippen molar-refractivity contribution in [2.24, 2.45) is 0 Å². The van der Waals surface area contributed by atoms with Crippen molar-refractivity contribution in [2.75, 3.05) is 5.32 Å². The van der Waals surface area contributed by atoms with Gasteiger partial charge in [-0.25, -0.2) is 4.98 Å². The minimum atomic E-state index is 0.583. The summed E-state index contributed by atoms with van der Waals surface area (Å²) < 4.78 is 2.70. The molecule has 3 nitrogen and oxygen atoms in total. The van der Waals surface area contributed by atoms with Crippen molar-refractivity contribution >= 4 is 28.6 Å². The number of nitrogens with zero attached hydrogens (tertiary/aromatic N) is 2. The van der Waals surface area contributed by atoms with Crippen LogP contribution in [0.25, 0.3) is 5.69 Å². The van der Waals surface area contributed by atoms with Gasteiger partial charge in [0, 0.05) is 34.8 Å². The maximum absolute atomic E-state index is 5.84. The van der Waals surface area contributed by atoms with Crippen molar-refractivity contribution in [1.29, 1.82) is 0 Å². The highest BCUT2D eigenvalue weighted by Gasteiger charge is 2.06. The first-order valence-electron chi connectivity index (χ1n) is 6.31. The monoisotopic (exact) mass is 303 g/mol. The second-order valence-electron chi connectivity index (χ2n) is 4.47. The summed E-state index contributed by atoms with van der Waals surface area (Å²) in [5, 5.41) is 3.44. The summed E-state index contributed by atoms with van der Waals surface area (Å²) in [6.07, 6.45) is 5.91. The predicted octanol–water partition coefficient (Wildman–Crippen LogP) is 4.51. The molecule has 0 aliphatic heterocycles. The van der Waals surface area contributed by atoms with Crippen LogP contribution < -0.4 is 5.32 Å². The van der Waals surface area contributed by atoms with E-state index in [-0.39, 0.29) is 0 Å². The predicted molar refractivity (Wildman–Crippen MR) is 85.0 cm³/mol. The number of nitrogens with one attached hydrogen (secondary N) is 1. The maximum atomic E-state index is 5.84. The normalized spacial score (nSPS) is 10.7. The summed E-state index contributed by atoms with van der Waals surface area (Å²) in [5.41, 5.74) is 3.53. The third-order valence-corrected chi connectivity index (χ3v) is 4.28. The molecule has 0 fully saturated rings. The molecular formula is C15H14ClN3S. The lowest BCUT2D eigenvalue weighted by Gasteiger charge is -2.13. The number of hydrogen-bond acceptors (Lipinski definition) is 3. The number of anilines is 1. The average Bonchev–Trinajstić information content (AvgIpc) is 3.09. The molecule has 20 heavy (non-hydrogen) atoms. The Hall–Kier alpha value is -1.78. The second-order valence-corrected chi connectivity index (χ2v) is 6.17. The van der Waals surface area contributed by atoms with Crippen LogP contribution in [0.5, 0.6) is 0 Å². The van der Waals surface area contributed by atoms with Gasteiger partial charge in [-0.1, -0.05) is 17.7 Å². The van der Waals surface area contributed by atoms with Gasteiger partial charge >= 0.3 is 0 Å². The number of halogens is 1. The Morgan fingerprint density at radius 3 is 2.75 bits per heavy atom. The molecule has 102 valence electrons. The van der Waals surface area contributed by atoms with Crippen LogP contribution in [-0.2, 0) is 6.54 Å². The fourth-order valence-corrected chi connectivity index (χ4v) is 3.06. The Bertz CT molecular complexity index is 704. The largest absolute Gasteiger partial charge is 0.380 e. The molecular weight excluding hydrogens is 290 g/mol. The zero-order valence-electron chi connectivity index (χ0n) is 11.0. The molecule has 3 aromatic rings. The van der Waals surface area contributed by atoms with Gasteiger partial charge in [0.05, 0.1) is 6.54 Å². The SMILES string of the molecule is Cc1c(NCc2cnc(Cl)s2)cccc1-n1cccc1. The highest BCUT2D eigenvalue weighted by Crippen LogP contribution is 2.24. The summed E-state index contributed by atoms with van der Waals surface area (Å²) in [7, 11) is 0. The van der Waals surface area contributed by atoms with Gasteiger partial charge in [-0.15, -0.1) is 11.3 Å². The fraction of sp³-hybridized carbons (Fsp3) is 0.133. The lowest BCUT2D eigenvalue weighted by molar-refractivity contribution is 1.05. The fourth-order valence-electron chi connectivity index (χ4n) is 2.14. The molecule has 3 rings (SSSR count). The highest BCUT2D eigenvalue weighted by atomic mass is 35.5. The number of rotatable bonds is 4. The van der Waals surface area contributed by atoms with Crippen LogP contribution in [0.3, 0.4) is 0 Å². The van der Waals surface area contributed by atoms with Crippen LogP contribution in [0.4, 0.5) is 5.69 Å². The van der Waals surface area contributed by atoms with E-state index in [0.717, 1.165) is 17.1 Å². The van der Waals surface area contributed by atoms with E-state index in [4.69, 9.17) is 11.6 Å². The molecule has 0 unspecified atom stereocenters. The van der Waals surface area contributed by atoms with E-state index in [1.807, 2.05) is 18.3 Å². The second kappa shape index (κ2) is 5.69. The van der Waals surface area contributed by atoms with E-state index in [9.17, 15) is 0 Å². The molecule has 0 amide bonds. The van der Waals surface area contributed by atoms with Gasteiger partial charge < -0.3 is 9.88 Å². The molecule has 0 aliphatic carbocycles. The van der Waals surface area contributed by atoms with Crippen molar-refractivity contribution in [1.82, 2.24) is 9.55 Å². The van der Waals surface area contributed by atoms with Crippen LogP contribution in [0, 0.1) is 6.92 Å². The summed E-state index contributed by atoms with van der Waals surface area (Å²) in [6, 6.07) is 10.3. The van der Waals surface area contributed by atoms with Crippen LogP contribution in [0.2, 0.25) is 4.47 Å². The van der Waals surface area contributed by atoms with E-state index >= 15 is 0 Å². The van der Waals surface area contributed by atoms with Crippen molar-refractivity contribution in [3.8, 4) is 5.69 Å². The smallest absolute Gasteiger partial charge is 0.183 e. The van der Waals surface area contributed by atoms with Crippen LogP contribution >= 0.6 is 22.9 Å². The van der Waals surface area contributed by atoms with Crippen LogP contribution in [-0.4, -0.2) is 9.55 Å². The standard InChI is InChI=1S/C15H14ClN3S/c1-11-13(17-9-12-10-18-15(16)20-12)5-4-6-14(11)19-7-2-3-8-19/h2-8,10,17H,9H2,1H3.